The third-order valence-corrected chi connectivity index (χ3v) is 4.33. The second kappa shape index (κ2) is 7.95. The number of aliphatic hydroxyl groups is 1. The second-order valence-electron chi connectivity index (χ2n) is 6.12. The molecule has 2 aromatic rings. The van der Waals surface area contributed by atoms with E-state index in [-0.39, 0.29) is 6.61 Å². The number of aromatic nitrogens is 2. The SMILES string of the molecule is N#Cc1ccc(OC[C@@H](O)CN2CCC[C@H]2Cn2cccn2)cc1. The molecule has 0 amide bonds. The molecule has 0 aliphatic carbocycles. The van der Waals surface area contributed by atoms with E-state index in [1.165, 1.54) is 0 Å². The number of nitriles is 1. The van der Waals surface area contributed by atoms with E-state index in [1.54, 1.807) is 30.5 Å². The van der Waals surface area contributed by atoms with Crippen LogP contribution in [-0.2, 0) is 6.54 Å². The highest BCUT2D eigenvalue weighted by Gasteiger charge is 2.26. The maximum atomic E-state index is 10.3. The zero-order chi connectivity index (χ0) is 16.8. The monoisotopic (exact) mass is 326 g/mol. The Morgan fingerprint density at radius 3 is 2.92 bits per heavy atom. The first-order valence-electron chi connectivity index (χ1n) is 8.27. The van der Waals surface area contributed by atoms with Gasteiger partial charge in [0.2, 0.25) is 0 Å². The molecule has 126 valence electrons. The summed E-state index contributed by atoms with van der Waals surface area (Å²) in [6.45, 7) is 2.70. The lowest BCUT2D eigenvalue weighted by molar-refractivity contribution is 0.0609. The van der Waals surface area contributed by atoms with Crippen molar-refractivity contribution < 1.29 is 9.84 Å². The Labute approximate surface area is 141 Å². The minimum atomic E-state index is -0.543. The summed E-state index contributed by atoms with van der Waals surface area (Å²) in [5.41, 5.74) is 0.599. The van der Waals surface area contributed by atoms with Gasteiger partial charge in [-0.05, 0) is 49.7 Å². The molecule has 1 aromatic carbocycles. The average Bonchev–Trinajstić information content (AvgIpc) is 3.26. The number of aliphatic hydroxyl groups excluding tert-OH is 1. The van der Waals surface area contributed by atoms with Crippen LogP contribution < -0.4 is 4.74 Å². The van der Waals surface area contributed by atoms with Gasteiger partial charge in [0.15, 0.2) is 0 Å². The van der Waals surface area contributed by atoms with Crippen LogP contribution in [0.4, 0.5) is 0 Å². The fourth-order valence-electron chi connectivity index (χ4n) is 3.11. The van der Waals surface area contributed by atoms with Gasteiger partial charge in [0.25, 0.3) is 0 Å². The topological polar surface area (TPSA) is 74.3 Å². The maximum Gasteiger partial charge on any atom is 0.119 e. The van der Waals surface area contributed by atoms with Crippen LogP contribution in [0.15, 0.2) is 42.7 Å². The Morgan fingerprint density at radius 2 is 2.21 bits per heavy atom. The molecule has 1 aromatic heterocycles. The molecule has 1 aliphatic rings. The van der Waals surface area contributed by atoms with Crippen LogP contribution in [0.3, 0.4) is 0 Å². The molecular weight excluding hydrogens is 304 g/mol. The van der Waals surface area contributed by atoms with Crippen molar-refractivity contribution in [3.05, 3.63) is 48.3 Å². The van der Waals surface area contributed by atoms with Gasteiger partial charge in [-0.15, -0.1) is 0 Å². The highest BCUT2D eigenvalue weighted by atomic mass is 16.5. The third kappa shape index (κ3) is 4.34. The molecular formula is C18H22N4O2. The third-order valence-electron chi connectivity index (χ3n) is 4.33. The van der Waals surface area contributed by atoms with Crippen LogP contribution in [0.1, 0.15) is 18.4 Å². The highest BCUT2D eigenvalue weighted by Crippen LogP contribution is 2.19. The van der Waals surface area contributed by atoms with E-state index in [1.807, 2.05) is 16.9 Å². The number of ether oxygens (including phenoxy) is 1. The molecule has 1 N–H and O–H groups in total. The Hall–Kier alpha value is -2.36. The van der Waals surface area contributed by atoms with Gasteiger partial charge in [0.05, 0.1) is 18.2 Å². The maximum absolute atomic E-state index is 10.3. The summed E-state index contributed by atoms with van der Waals surface area (Å²) in [6, 6.07) is 11.3. The summed E-state index contributed by atoms with van der Waals surface area (Å²) < 4.78 is 7.56. The van der Waals surface area contributed by atoms with E-state index in [0.29, 0.717) is 23.9 Å². The van der Waals surface area contributed by atoms with Gasteiger partial charge in [-0.1, -0.05) is 0 Å². The molecule has 24 heavy (non-hydrogen) atoms. The largest absolute Gasteiger partial charge is 0.491 e. The zero-order valence-corrected chi connectivity index (χ0v) is 13.6. The highest BCUT2D eigenvalue weighted by molar-refractivity contribution is 5.34. The Bertz CT molecular complexity index is 663. The number of benzene rings is 1. The summed E-state index contributed by atoms with van der Waals surface area (Å²) in [4.78, 5) is 2.31. The fraction of sp³-hybridized carbons (Fsp3) is 0.444. The van der Waals surface area contributed by atoms with Crippen LogP contribution >= 0.6 is 0 Å². The van der Waals surface area contributed by atoms with Gasteiger partial charge >= 0.3 is 0 Å². The van der Waals surface area contributed by atoms with Crippen molar-refractivity contribution in [2.75, 3.05) is 19.7 Å². The van der Waals surface area contributed by atoms with Gasteiger partial charge in [0, 0.05) is 25.0 Å². The quantitative estimate of drug-likeness (QED) is 0.837. The van der Waals surface area contributed by atoms with Crippen LogP contribution in [0, 0.1) is 11.3 Å². The van der Waals surface area contributed by atoms with Gasteiger partial charge in [0.1, 0.15) is 18.5 Å². The molecule has 0 radical (unpaired) electrons. The van der Waals surface area contributed by atoms with Crippen molar-refractivity contribution in [2.24, 2.45) is 0 Å². The lowest BCUT2D eigenvalue weighted by atomic mass is 10.2. The summed E-state index contributed by atoms with van der Waals surface area (Å²) in [5, 5.41) is 23.3. The number of nitrogens with zero attached hydrogens (tertiary/aromatic N) is 4. The van der Waals surface area contributed by atoms with Gasteiger partial charge in [-0.25, -0.2) is 0 Å². The molecule has 1 fully saturated rings. The van der Waals surface area contributed by atoms with Crippen molar-refractivity contribution in [1.29, 1.82) is 5.26 Å². The summed E-state index contributed by atoms with van der Waals surface area (Å²) >= 11 is 0. The number of hydrogen-bond donors (Lipinski definition) is 1. The average molecular weight is 326 g/mol. The molecule has 1 saturated heterocycles. The lowest BCUT2D eigenvalue weighted by Crippen LogP contribution is -2.40. The molecule has 0 bridgehead atoms. The van der Waals surface area contributed by atoms with Crippen molar-refractivity contribution in [3.63, 3.8) is 0 Å². The van der Waals surface area contributed by atoms with Crippen molar-refractivity contribution in [3.8, 4) is 11.8 Å². The zero-order valence-electron chi connectivity index (χ0n) is 13.6. The summed E-state index contributed by atoms with van der Waals surface area (Å²) in [5.74, 6) is 0.669. The van der Waals surface area contributed by atoms with Crippen LogP contribution in [0.2, 0.25) is 0 Å². The fourth-order valence-corrected chi connectivity index (χ4v) is 3.11. The molecule has 0 saturated carbocycles. The first-order chi connectivity index (χ1) is 11.7. The van der Waals surface area contributed by atoms with Crippen LogP contribution in [0.25, 0.3) is 0 Å². The van der Waals surface area contributed by atoms with E-state index in [0.717, 1.165) is 25.9 Å². The molecule has 0 spiro atoms. The van der Waals surface area contributed by atoms with E-state index in [9.17, 15) is 5.11 Å². The molecule has 2 atom stereocenters. The molecule has 3 rings (SSSR count). The molecule has 1 aliphatic heterocycles. The minimum absolute atomic E-state index is 0.247. The van der Waals surface area contributed by atoms with Gasteiger partial charge in [-0.3, -0.25) is 9.58 Å². The second-order valence-corrected chi connectivity index (χ2v) is 6.12. The van der Waals surface area contributed by atoms with E-state index < -0.39 is 6.10 Å². The smallest absolute Gasteiger partial charge is 0.119 e. The first-order valence-corrected chi connectivity index (χ1v) is 8.27. The molecule has 6 heteroatoms. The van der Waals surface area contributed by atoms with E-state index in [2.05, 4.69) is 16.1 Å². The van der Waals surface area contributed by atoms with E-state index in [4.69, 9.17) is 10.00 Å². The standard InChI is InChI=1S/C18H22N4O2/c19-11-15-4-6-18(7-5-15)24-14-17(23)13-21-9-1-3-16(21)12-22-10-2-8-20-22/h2,4-8,10,16-17,23H,1,3,9,12-14H2/t16-,17-/m0/s1. The summed E-state index contributed by atoms with van der Waals surface area (Å²) in [6.07, 6.45) is 5.50. The number of β-amino-alcohol motifs (C(OH)–C–C–N with tert-alkyl or cyclic N) is 1. The summed E-state index contributed by atoms with van der Waals surface area (Å²) in [7, 11) is 0. The number of likely N-dealkylation sites (tertiary alicyclic amines) is 1. The molecule has 2 heterocycles. The lowest BCUT2D eigenvalue weighted by Gasteiger charge is -2.26. The molecule has 6 nitrogen and oxygen atoms in total. The van der Waals surface area contributed by atoms with Gasteiger partial charge < -0.3 is 9.84 Å². The number of rotatable bonds is 7. The predicted octanol–water partition coefficient (Wildman–Crippen LogP) is 1.66. The Balaban J connectivity index is 1.46. The first kappa shape index (κ1) is 16.5. The van der Waals surface area contributed by atoms with Crippen LogP contribution in [-0.4, -0.2) is 51.6 Å². The predicted molar refractivity (Wildman–Crippen MR) is 89.5 cm³/mol. The van der Waals surface area contributed by atoms with Crippen molar-refractivity contribution >= 4 is 0 Å². The normalized spacial score (nSPS) is 19.1. The molecule has 0 unspecified atom stereocenters. The Morgan fingerprint density at radius 1 is 1.38 bits per heavy atom. The van der Waals surface area contributed by atoms with Crippen molar-refractivity contribution in [2.45, 2.75) is 31.5 Å². The van der Waals surface area contributed by atoms with E-state index >= 15 is 0 Å². The Kier molecular flexibility index (Phi) is 5.47. The van der Waals surface area contributed by atoms with Gasteiger partial charge in [-0.2, -0.15) is 10.4 Å². The van der Waals surface area contributed by atoms with Crippen molar-refractivity contribution in [1.82, 2.24) is 14.7 Å². The van der Waals surface area contributed by atoms with Crippen LogP contribution in [0.5, 0.6) is 5.75 Å². The number of hydrogen-bond acceptors (Lipinski definition) is 5. The minimum Gasteiger partial charge on any atom is -0.491 e.